The molecule has 0 aliphatic carbocycles. The van der Waals surface area contributed by atoms with E-state index < -0.39 is 66.5 Å². The van der Waals surface area contributed by atoms with Crippen LogP contribution >= 0.6 is 0 Å². The fourth-order valence-electron chi connectivity index (χ4n) is 5.49. The number of ether oxygens (including phenoxy) is 4. The van der Waals surface area contributed by atoms with Crippen LogP contribution in [0.15, 0.2) is 155 Å². The van der Waals surface area contributed by atoms with Gasteiger partial charge in [0.1, 0.15) is 0 Å². The summed E-state index contributed by atoms with van der Waals surface area (Å²) in [6.07, 6.45) is 1.69. The van der Waals surface area contributed by atoms with Crippen LogP contribution in [-0.2, 0) is 34.1 Å². The van der Waals surface area contributed by atoms with Gasteiger partial charge < -0.3 is 0 Å². The van der Waals surface area contributed by atoms with Gasteiger partial charge in [0.15, 0.2) is 0 Å². The van der Waals surface area contributed by atoms with Crippen molar-refractivity contribution in [3.05, 3.63) is 183 Å². The van der Waals surface area contributed by atoms with Crippen LogP contribution in [0.4, 0.5) is 0 Å². The van der Waals surface area contributed by atoms with Crippen LogP contribution in [0.5, 0.6) is 0 Å². The van der Waals surface area contributed by atoms with Gasteiger partial charge in [-0.15, -0.1) is 0 Å². The van der Waals surface area contributed by atoms with Crippen molar-refractivity contribution in [2.45, 2.75) is 43.7 Å². The molecule has 53 heavy (non-hydrogen) atoms. The zero-order valence-electron chi connectivity index (χ0n) is 29.9. The summed E-state index contributed by atoms with van der Waals surface area (Å²) in [6.45, 7) is 5.04. The molecule has 0 aliphatic heterocycles. The van der Waals surface area contributed by atoms with E-state index in [1.54, 1.807) is 20.8 Å². The molecule has 1 N–H and O–H groups in total. The summed E-state index contributed by atoms with van der Waals surface area (Å²) in [6, 6.07) is 39.9. The van der Waals surface area contributed by atoms with Gasteiger partial charge in [-0.3, -0.25) is 0 Å². The van der Waals surface area contributed by atoms with E-state index in [0.717, 1.165) is 21.2 Å². The van der Waals surface area contributed by atoms with Crippen molar-refractivity contribution in [3.63, 3.8) is 0 Å². The van der Waals surface area contributed by atoms with Gasteiger partial charge in [-0.1, -0.05) is 0 Å². The number of hydrogen-bond donors (Lipinski definition) is 1. The molecule has 0 saturated carbocycles. The molecule has 0 bridgehead atoms. The molecule has 3 atom stereocenters. The topological polar surface area (TPSA) is 126 Å². The Morgan fingerprint density at radius 1 is 0.774 bits per heavy atom. The van der Waals surface area contributed by atoms with E-state index in [9.17, 15) is 19.2 Å². The Kier molecular flexibility index (Phi) is 13.2. The number of aromatic nitrogens is 2. The normalized spacial score (nSPS) is 13.6. The number of rotatable bonds is 15. The van der Waals surface area contributed by atoms with E-state index in [2.05, 4.69) is 4.98 Å². The summed E-state index contributed by atoms with van der Waals surface area (Å²) < 4.78 is 27.0. The molecule has 1 heterocycles. The molecule has 0 unspecified atom stereocenters. The van der Waals surface area contributed by atoms with Crippen molar-refractivity contribution in [2.75, 3.05) is 13.7 Å². The van der Waals surface area contributed by atoms with Crippen molar-refractivity contribution in [2.24, 2.45) is 5.41 Å². The third-order valence-electron chi connectivity index (χ3n) is 8.16. The third-order valence-corrected chi connectivity index (χ3v) is 10.5. The molecule has 0 saturated heterocycles. The first-order chi connectivity index (χ1) is 25.5. The molecule has 274 valence electrons. The number of methoxy groups -OCH3 is 1. The van der Waals surface area contributed by atoms with Crippen molar-refractivity contribution in [1.82, 2.24) is 9.55 Å². The number of carbonyl (C=O) groups is 2. The summed E-state index contributed by atoms with van der Waals surface area (Å²) >= 11 is -0.609. The minimum atomic E-state index is -1.28. The molecule has 0 fully saturated rings. The van der Waals surface area contributed by atoms with Crippen LogP contribution in [0.3, 0.4) is 0 Å². The van der Waals surface area contributed by atoms with E-state index in [1.165, 1.54) is 36.1 Å². The Hall–Kier alpha value is -5.32. The van der Waals surface area contributed by atoms with E-state index in [1.807, 2.05) is 121 Å². The van der Waals surface area contributed by atoms with Crippen LogP contribution in [0.25, 0.3) is 0 Å². The predicted molar refractivity (Wildman–Crippen MR) is 203 cm³/mol. The second-order valence-electron chi connectivity index (χ2n) is 13.0. The zero-order chi connectivity index (χ0) is 37.8. The number of nitrogens with zero attached hydrogens (tertiary/aromatic N) is 1. The average Bonchev–Trinajstić information content (AvgIpc) is 3.17. The molecule has 5 rings (SSSR count). The number of benzene rings is 4. The first kappa shape index (κ1) is 38.9. The van der Waals surface area contributed by atoms with Crippen LogP contribution in [0, 0.1) is 5.41 Å². The molecule has 0 radical (unpaired) electrons. The van der Waals surface area contributed by atoms with Crippen molar-refractivity contribution in [1.29, 1.82) is 0 Å². The first-order valence-electron chi connectivity index (χ1n) is 17.0. The summed E-state index contributed by atoms with van der Waals surface area (Å²) in [4.78, 5) is 53.9. The summed E-state index contributed by atoms with van der Waals surface area (Å²) in [5.41, 5.74) is -0.902. The third kappa shape index (κ3) is 9.97. The van der Waals surface area contributed by atoms with Gasteiger partial charge in [0, 0.05) is 0 Å². The van der Waals surface area contributed by atoms with E-state index in [-0.39, 0.29) is 6.61 Å². The fraction of sp³-hybridized carbons (Fsp3) is 0.238. The van der Waals surface area contributed by atoms with Crippen LogP contribution in [-0.4, -0.2) is 61.3 Å². The molecular weight excluding hydrogens is 739 g/mol. The Labute approximate surface area is 314 Å². The zero-order valence-corrected chi connectivity index (χ0v) is 31.6. The summed E-state index contributed by atoms with van der Waals surface area (Å²) in [5.74, 6) is -1.15. The van der Waals surface area contributed by atoms with Gasteiger partial charge in [-0.05, 0) is 0 Å². The van der Waals surface area contributed by atoms with Gasteiger partial charge in [-0.25, -0.2) is 0 Å². The molecule has 0 amide bonds. The molecule has 1 aromatic heterocycles. The van der Waals surface area contributed by atoms with Crippen LogP contribution in [0.2, 0.25) is 0 Å². The van der Waals surface area contributed by atoms with Gasteiger partial charge in [0.05, 0.1) is 0 Å². The van der Waals surface area contributed by atoms with Gasteiger partial charge in [-0.2, -0.15) is 0 Å². The number of carbonyl (C=O) groups excluding carboxylic acids is 2. The maximum absolute atomic E-state index is 13.5. The molecule has 5 aromatic rings. The second-order valence-corrected chi connectivity index (χ2v) is 15.5. The number of esters is 2. The molecular formula is C42H42N2O8Se. The SMILES string of the molecule is COC(=O)/C=C/[C@@H](COC(c1ccccc1)(c1ccccc1)c1ccccc1)O[C@H]([C@H](OC(=O)C(C)(C)C)[Se]c1ccccc1)n1ccc(=O)[nH]c1=O. The van der Waals surface area contributed by atoms with Crippen LogP contribution < -0.4 is 15.7 Å². The Bertz CT molecular complexity index is 1980. The van der Waals surface area contributed by atoms with Gasteiger partial charge in [0.2, 0.25) is 0 Å². The Morgan fingerprint density at radius 2 is 1.28 bits per heavy atom. The number of aromatic amines is 1. The van der Waals surface area contributed by atoms with E-state index >= 15 is 0 Å². The van der Waals surface area contributed by atoms with E-state index in [0.29, 0.717) is 0 Å². The number of hydrogen-bond acceptors (Lipinski definition) is 8. The predicted octanol–water partition coefficient (Wildman–Crippen LogP) is 5.10. The summed E-state index contributed by atoms with van der Waals surface area (Å²) in [7, 11) is 1.26. The van der Waals surface area contributed by atoms with Crippen LogP contribution in [0.1, 0.15) is 43.7 Å². The van der Waals surface area contributed by atoms with Gasteiger partial charge in [0.25, 0.3) is 0 Å². The Balaban J connectivity index is 1.65. The quantitative estimate of drug-likeness (QED) is 0.0674. The molecule has 4 aromatic carbocycles. The second kappa shape index (κ2) is 17.9. The fourth-order valence-corrected chi connectivity index (χ4v) is 7.65. The molecule has 0 spiro atoms. The number of H-pyrrole nitrogens is 1. The van der Waals surface area contributed by atoms with Crippen molar-refractivity contribution < 1.29 is 28.5 Å². The standard InChI is InChI=1S/C42H42N2O8Se/c1-41(2,3)39(47)52-38(53-34-23-15-8-16-24-34)37(44-28-27-35(45)43-40(44)48)51-33(25-26-36(46)49-4)29-50-42(30-17-9-5-10-18-30,31-19-11-6-12-20-31)32-21-13-7-14-22-32/h5-28,33,37-38H,29H2,1-4H3,(H,43,45,48)/b26-25+/t33-,37+,38+/m0/s1. The van der Waals surface area contributed by atoms with Gasteiger partial charge >= 0.3 is 316 Å². The van der Waals surface area contributed by atoms with Crippen molar-refractivity contribution >= 4 is 31.4 Å². The van der Waals surface area contributed by atoms with E-state index in [4.69, 9.17) is 18.9 Å². The minimum absolute atomic E-state index is 0.154. The molecule has 10 nitrogen and oxygen atoms in total. The summed E-state index contributed by atoms with van der Waals surface area (Å²) in [5, 5.41) is -1.02. The van der Waals surface area contributed by atoms with Crippen molar-refractivity contribution in [3.8, 4) is 0 Å². The molecule has 11 heteroatoms. The maximum atomic E-state index is 13.5. The number of nitrogens with one attached hydrogen (secondary N) is 1. The molecule has 0 aliphatic rings. The average molecular weight is 782 g/mol. The Morgan fingerprint density at radius 3 is 1.75 bits per heavy atom. The monoisotopic (exact) mass is 782 g/mol. The first-order valence-corrected chi connectivity index (χ1v) is 18.8.